The lowest BCUT2D eigenvalue weighted by atomic mass is 10.0. The average Bonchev–Trinajstić information content (AvgIpc) is 2.50. The maximum atomic E-state index is 2.45. The number of rotatable bonds is 4. The van der Waals surface area contributed by atoms with Crippen LogP contribution in [0.25, 0.3) is 21.5 Å². The molecule has 0 aliphatic heterocycles. The molecule has 0 radical (unpaired) electrons. The number of fused-ring (bicyclic) bond motifs is 2. The summed E-state index contributed by atoms with van der Waals surface area (Å²) in [6.45, 7) is 7.68. The summed E-state index contributed by atoms with van der Waals surface area (Å²) in [5.41, 5.74) is 1.40. The molecule has 0 aliphatic carbocycles. The number of benzene rings is 3. The molecular weight excluding hydrogens is 242 g/mol. The van der Waals surface area contributed by atoms with Crippen molar-refractivity contribution in [3.63, 3.8) is 0 Å². The summed E-state index contributed by atoms with van der Waals surface area (Å²) in [6.07, 6.45) is 0. The van der Waals surface area contributed by atoms with Crippen molar-refractivity contribution in [3.05, 3.63) is 60.2 Å². The molecule has 0 fully saturated rings. The molecule has 0 heterocycles. The largest absolute Gasteiger partial charge is 0.300 e. The third-order valence-corrected chi connectivity index (χ3v) is 4.07. The van der Waals surface area contributed by atoms with Crippen LogP contribution >= 0.6 is 0 Å². The van der Waals surface area contributed by atoms with Crippen LogP contribution in [0.1, 0.15) is 19.4 Å². The molecule has 0 unspecified atom stereocenters. The number of hydrogen-bond donors (Lipinski definition) is 0. The molecule has 0 aromatic heterocycles. The van der Waals surface area contributed by atoms with Crippen LogP contribution in [0.5, 0.6) is 0 Å². The standard InChI is InChI=1S/C19H21N/c1-3-20(4-2)14-15-9-10-18-12-16-7-5-6-8-17(16)13-19(18)11-15/h5-13H,3-4,14H2,1-2H3. The van der Waals surface area contributed by atoms with Crippen molar-refractivity contribution in [1.29, 1.82) is 0 Å². The Hall–Kier alpha value is -1.86. The molecule has 1 heteroatoms. The summed E-state index contributed by atoms with van der Waals surface area (Å²) in [4.78, 5) is 2.45. The molecule has 0 amide bonds. The Balaban J connectivity index is 2.03. The highest BCUT2D eigenvalue weighted by molar-refractivity contribution is 5.98. The lowest BCUT2D eigenvalue weighted by molar-refractivity contribution is 0.296. The molecule has 0 aliphatic rings. The molecule has 0 spiro atoms. The smallest absolute Gasteiger partial charge is 0.0233 e. The Morgan fingerprint density at radius 1 is 0.700 bits per heavy atom. The van der Waals surface area contributed by atoms with E-state index in [1.54, 1.807) is 0 Å². The highest BCUT2D eigenvalue weighted by Crippen LogP contribution is 2.24. The van der Waals surface area contributed by atoms with E-state index in [0.29, 0.717) is 0 Å². The third kappa shape index (κ3) is 2.54. The van der Waals surface area contributed by atoms with Gasteiger partial charge in [0.25, 0.3) is 0 Å². The molecule has 0 saturated heterocycles. The molecule has 0 atom stereocenters. The van der Waals surface area contributed by atoms with Crippen LogP contribution in [-0.4, -0.2) is 18.0 Å². The fourth-order valence-electron chi connectivity index (χ4n) is 2.79. The zero-order valence-electron chi connectivity index (χ0n) is 12.3. The first kappa shape index (κ1) is 13.1. The number of hydrogen-bond acceptors (Lipinski definition) is 1. The van der Waals surface area contributed by atoms with Crippen LogP contribution in [0.3, 0.4) is 0 Å². The third-order valence-electron chi connectivity index (χ3n) is 4.07. The topological polar surface area (TPSA) is 3.24 Å². The Labute approximate surface area is 120 Å². The van der Waals surface area contributed by atoms with Gasteiger partial charge in [0.15, 0.2) is 0 Å². The van der Waals surface area contributed by atoms with Crippen LogP contribution in [-0.2, 0) is 6.54 Å². The Morgan fingerprint density at radius 3 is 1.95 bits per heavy atom. The summed E-state index contributed by atoms with van der Waals surface area (Å²) in [5.74, 6) is 0. The van der Waals surface area contributed by atoms with Crippen LogP contribution < -0.4 is 0 Å². The van der Waals surface area contributed by atoms with Gasteiger partial charge >= 0.3 is 0 Å². The monoisotopic (exact) mass is 263 g/mol. The highest BCUT2D eigenvalue weighted by atomic mass is 15.1. The Morgan fingerprint density at radius 2 is 1.30 bits per heavy atom. The van der Waals surface area contributed by atoms with Gasteiger partial charge in [-0.2, -0.15) is 0 Å². The van der Waals surface area contributed by atoms with Gasteiger partial charge in [-0.25, -0.2) is 0 Å². The van der Waals surface area contributed by atoms with Gasteiger partial charge in [0.2, 0.25) is 0 Å². The summed E-state index contributed by atoms with van der Waals surface area (Å²) in [5, 5.41) is 5.30. The van der Waals surface area contributed by atoms with Crippen molar-refractivity contribution in [1.82, 2.24) is 4.90 Å². The summed E-state index contributed by atoms with van der Waals surface area (Å²) in [6, 6.07) is 20.0. The summed E-state index contributed by atoms with van der Waals surface area (Å²) >= 11 is 0. The van der Waals surface area contributed by atoms with Gasteiger partial charge in [0.05, 0.1) is 0 Å². The van der Waals surface area contributed by atoms with E-state index in [9.17, 15) is 0 Å². The molecule has 0 bridgehead atoms. The molecular formula is C19H21N. The SMILES string of the molecule is CCN(CC)Cc1ccc2cc3ccccc3cc2c1. The van der Waals surface area contributed by atoms with Gasteiger partial charge in [-0.3, -0.25) is 4.90 Å². The van der Waals surface area contributed by atoms with Crippen molar-refractivity contribution in [2.75, 3.05) is 13.1 Å². The van der Waals surface area contributed by atoms with E-state index in [-0.39, 0.29) is 0 Å². The molecule has 20 heavy (non-hydrogen) atoms. The van der Waals surface area contributed by atoms with Crippen molar-refractivity contribution in [2.24, 2.45) is 0 Å². The lowest BCUT2D eigenvalue weighted by Gasteiger charge is -2.18. The van der Waals surface area contributed by atoms with Crippen molar-refractivity contribution in [3.8, 4) is 0 Å². The van der Waals surface area contributed by atoms with E-state index in [2.05, 4.69) is 73.3 Å². The zero-order valence-corrected chi connectivity index (χ0v) is 12.3. The molecule has 0 N–H and O–H groups in total. The Bertz CT molecular complexity index is 726. The van der Waals surface area contributed by atoms with E-state index in [1.165, 1.54) is 27.1 Å². The minimum absolute atomic E-state index is 1.04. The zero-order chi connectivity index (χ0) is 13.9. The van der Waals surface area contributed by atoms with Crippen LogP contribution in [0, 0.1) is 0 Å². The molecule has 1 nitrogen and oxygen atoms in total. The van der Waals surface area contributed by atoms with Crippen LogP contribution in [0.15, 0.2) is 54.6 Å². The minimum Gasteiger partial charge on any atom is -0.300 e. The second-order valence-electron chi connectivity index (χ2n) is 5.34. The quantitative estimate of drug-likeness (QED) is 0.609. The number of nitrogens with zero attached hydrogens (tertiary/aromatic N) is 1. The fraction of sp³-hybridized carbons (Fsp3) is 0.263. The molecule has 3 rings (SSSR count). The predicted molar refractivity (Wildman–Crippen MR) is 88.1 cm³/mol. The van der Waals surface area contributed by atoms with E-state index in [0.717, 1.165) is 19.6 Å². The molecule has 0 saturated carbocycles. The second kappa shape index (κ2) is 5.64. The van der Waals surface area contributed by atoms with E-state index < -0.39 is 0 Å². The molecule has 102 valence electrons. The molecule has 3 aromatic carbocycles. The lowest BCUT2D eigenvalue weighted by Crippen LogP contribution is -2.21. The van der Waals surface area contributed by atoms with Crippen LogP contribution in [0.2, 0.25) is 0 Å². The highest BCUT2D eigenvalue weighted by Gasteiger charge is 2.03. The summed E-state index contributed by atoms with van der Waals surface area (Å²) in [7, 11) is 0. The average molecular weight is 263 g/mol. The van der Waals surface area contributed by atoms with Crippen molar-refractivity contribution < 1.29 is 0 Å². The van der Waals surface area contributed by atoms with E-state index in [4.69, 9.17) is 0 Å². The minimum atomic E-state index is 1.04. The van der Waals surface area contributed by atoms with E-state index >= 15 is 0 Å². The summed E-state index contributed by atoms with van der Waals surface area (Å²) < 4.78 is 0. The van der Waals surface area contributed by atoms with Gasteiger partial charge < -0.3 is 0 Å². The fourth-order valence-corrected chi connectivity index (χ4v) is 2.79. The maximum Gasteiger partial charge on any atom is 0.0233 e. The molecule has 3 aromatic rings. The second-order valence-corrected chi connectivity index (χ2v) is 5.34. The van der Waals surface area contributed by atoms with Gasteiger partial charge in [0, 0.05) is 6.54 Å². The van der Waals surface area contributed by atoms with Gasteiger partial charge in [-0.05, 0) is 58.4 Å². The van der Waals surface area contributed by atoms with Gasteiger partial charge in [-0.1, -0.05) is 50.2 Å². The normalized spacial score (nSPS) is 11.6. The van der Waals surface area contributed by atoms with Crippen molar-refractivity contribution >= 4 is 21.5 Å². The maximum absolute atomic E-state index is 2.45. The van der Waals surface area contributed by atoms with Crippen LogP contribution in [0.4, 0.5) is 0 Å². The predicted octanol–water partition coefficient (Wildman–Crippen LogP) is 4.83. The van der Waals surface area contributed by atoms with Gasteiger partial charge in [0.1, 0.15) is 0 Å². The first-order valence-electron chi connectivity index (χ1n) is 7.44. The van der Waals surface area contributed by atoms with Gasteiger partial charge in [-0.15, -0.1) is 0 Å². The Kier molecular flexibility index (Phi) is 3.70. The first-order chi connectivity index (χ1) is 9.80. The first-order valence-corrected chi connectivity index (χ1v) is 7.44. The van der Waals surface area contributed by atoms with Crippen molar-refractivity contribution in [2.45, 2.75) is 20.4 Å². The van der Waals surface area contributed by atoms with E-state index in [1.807, 2.05) is 0 Å².